The summed E-state index contributed by atoms with van der Waals surface area (Å²) in [5.41, 5.74) is 0. The van der Waals surface area contributed by atoms with Crippen LogP contribution in [0.5, 0.6) is 0 Å². The second-order valence-electron chi connectivity index (χ2n) is 5.57. The molecule has 20 heavy (non-hydrogen) atoms. The molecule has 114 valence electrons. The van der Waals surface area contributed by atoms with Gasteiger partial charge in [-0.3, -0.25) is 4.68 Å². The van der Waals surface area contributed by atoms with Gasteiger partial charge in [-0.25, -0.2) is 4.98 Å². The van der Waals surface area contributed by atoms with E-state index in [0.717, 1.165) is 44.8 Å². The van der Waals surface area contributed by atoms with Crippen LogP contribution < -0.4 is 5.32 Å². The first kappa shape index (κ1) is 15.4. The summed E-state index contributed by atoms with van der Waals surface area (Å²) in [5.74, 6) is 1.08. The standard InChI is InChI=1S/C15H28N4O/c1-3-8-16-13(10-14-7-5-6-9-20-14)11-15-17-12-18-19(15)4-2/h12-14,16H,3-11H2,1-2H3. The van der Waals surface area contributed by atoms with Crippen molar-refractivity contribution in [2.75, 3.05) is 13.2 Å². The first-order chi connectivity index (χ1) is 9.83. The third kappa shape index (κ3) is 4.56. The van der Waals surface area contributed by atoms with E-state index in [1.165, 1.54) is 19.3 Å². The highest BCUT2D eigenvalue weighted by atomic mass is 16.5. The molecule has 0 spiro atoms. The quantitative estimate of drug-likeness (QED) is 0.793. The SMILES string of the molecule is CCCNC(Cc1ncnn1CC)CC1CCCCO1. The Bertz CT molecular complexity index is 374. The summed E-state index contributed by atoms with van der Waals surface area (Å²) in [6, 6.07) is 0.438. The van der Waals surface area contributed by atoms with Crippen molar-refractivity contribution in [3.05, 3.63) is 12.2 Å². The van der Waals surface area contributed by atoms with Crippen molar-refractivity contribution in [3.8, 4) is 0 Å². The molecule has 2 heterocycles. The third-order valence-corrected chi connectivity index (χ3v) is 3.93. The molecule has 1 saturated heterocycles. The molecule has 0 amide bonds. The van der Waals surface area contributed by atoms with E-state index in [9.17, 15) is 0 Å². The minimum Gasteiger partial charge on any atom is -0.378 e. The maximum atomic E-state index is 5.88. The van der Waals surface area contributed by atoms with Crippen LogP contribution in [0.25, 0.3) is 0 Å². The molecule has 1 aromatic rings. The van der Waals surface area contributed by atoms with E-state index in [1.54, 1.807) is 6.33 Å². The molecule has 2 atom stereocenters. The number of hydrogen-bond acceptors (Lipinski definition) is 4. The van der Waals surface area contributed by atoms with E-state index < -0.39 is 0 Å². The smallest absolute Gasteiger partial charge is 0.138 e. The minimum absolute atomic E-state index is 0.413. The average molecular weight is 280 g/mol. The predicted molar refractivity (Wildman–Crippen MR) is 79.7 cm³/mol. The summed E-state index contributed by atoms with van der Waals surface area (Å²) in [6.45, 7) is 7.18. The maximum absolute atomic E-state index is 5.88. The molecule has 2 rings (SSSR count). The zero-order chi connectivity index (χ0) is 14.2. The summed E-state index contributed by atoms with van der Waals surface area (Å²) >= 11 is 0. The molecular weight excluding hydrogens is 252 g/mol. The molecule has 0 aromatic carbocycles. The summed E-state index contributed by atoms with van der Waals surface area (Å²) in [7, 11) is 0. The lowest BCUT2D eigenvalue weighted by atomic mass is 9.99. The fraction of sp³-hybridized carbons (Fsp3) is 0.867. The molecular formula is C15H28N4O. The Morgan fingerprint density at radius 1 is 1.45 bits per heavy atom. The van der Waals surface area contributed by atoms with E-state index in [0.29, 0.717) is 12.1 Å². The summed E-state index contributed by atoms with van der Waals surface area (Å²) in [4.78, 5) is 4.40. The van der Waals surface area contributed by atoms with Crippen molar-refractivity contribution < 1.29 is 4.74 Å². The number of aryl methyl sites for hydroxylation is 1. The van der Waals surface area contributed by atoms with Crippen molar-refractivity contribution >= 4 is 0 Å². The molecule has 0 bridgehead atoms. The molecule has 5 nitrogen and oxygen atoms in total. The van der Waals surface area contributed by atoms with E-state index >= 15 is 0 Å². The fourth-order valence-electron chi connectivity index (χ4n) is 2.83. The average Bonchev–Trinajstić information content (AvgIpc) is 2.93. The molecule has 0 aliphatic carbocycles. The van der Waals surface area contributed by atoms with Crippen LogP contribution >= 0.6 is 0 Å². The number of rotatable bonds is 8. The van der Waals surface area contributed by atoms with Gasteiger partial charge >= 0.3 is 0 Å². The predicted octanol–water partition coefficient (Wildman–Crippen LogP) is 2.17. The Morgan fingerprint density at radius 3 is 3.05 bits per heavy atom. The third-order valence-electron chi connectivity index (χ3n) is 3.93. The zero-order valence-electron chi connectivity index (χ0n) is 12.8. The first-order valence-electron chi connectivity index (χ1n) is 8.05. The number of ether oxygens (including phenoxy) is 1. The second kappa shape index (κ2) is 8.37. The van der Waals surface area contributed by atoms with Crippen LogP contribution in [-0.2, 0) is 17.7 Å². The Labute approximate surface area is 122 Å². The van der Waals surface area contributed by atoms with Crippen LogP contribution in [0, 0.1) is 0 Å². The summed E-state index contributed by atoms with van der Waals surface area (Å²) in [6.07, 6.45) is 8.96. The molecule has 1 N–H and O–H groups in total. The number of hydrogen-bond donors (Lipinski definition) is 1. The van der Waals surface area contributed by atoms with Gasteiger partial charge in [-0.2, -0.15) is 5.10 Å². The molecule has 1 aliphatic rings. The molecule has 5 heteroatoms. The highest BCUT2D eigenvalue weighted by Crippen LogP contribution is 2.18. The topological polar surface area (TPSA) is 52.0 Å². The van der Waals surface area contributed by atoms with E-state index in [2.05, 4.69) is 29.2 Å². The maximum Gasteiger partial charge on any atom is 0.138 e. The minimum atomic E-state index is 0.413. The van der Waals surface area contributed by atoms with Crippen LogP contribution in [-0.4, -0.2) is 40.1 Å². The van der Waals surface area contributed by atoms with Crippen LogP contribution in [0.4, 0.5) is 0 Å². The summed E-state index contributed by atoms with van der Waals surface area (Å²) in [5, 5.41) is 7.91. The molecule has 2 unspecified atom stereocenters. The second-order valence-corrected chi connectivity index (χ2v) is 5.57. The number of nitrogens with one attached hydrogen (secondary N) is 1. The molecule has 0 radical (unpaired) electrons. The molecule has 0 saturated carbocycles. The Hall–Kier alpha value is -0.940. The van der Waals surface area contributed by atoms with Gasteiger partial charge in [0.05, 0.1) is 6.10 Å². The largest absolute Gasteiger partial charge is 0.378 e. The van der Waals surface area contributed by atoms with E-state index in [1.807, 2.05) is 4.68 Å². The lowest BCUT2D eigenvalue weighted by Crippen LogP contribution is -2.37. The Morgan fingerprint density at radius 2 is 2.35 bits per heavy atom. The first-order valence-corrected chi connectivity index (χ1v) is 8.05. The molecule has 1 fully saturated rings. The van der Waals surface area contributed by atoms with Crippen molar-refractivity contribution in [3.63, 3.8) is 0 Å². The van der Waals surface area contributed by atoms with E-state index in [-0.39, 0.29) is 0 Å². The highest BCUT2D eigenvalue weighted by molar-refractivity contribution is 4.91. The Kier molecular flexibility index (Phi) is 6.47. The zero-order valence-corrected chi connectivity index (χ0v) is 12.8. The van der Waals surface area contributed by atoms with Crippen molar-refractivity contribution in [1.82, 2.24) is 20.1 Å². The van der Waals surface area contributed by atoms with Gasteiger partial charge in [0, 0.05) is 25.6 Å². The van der Waals surface area contributed by atoms with Crippen molar-refractivity contribution in [2.24, 2.45) is 0 Å². The monoisotopic (exact) mass is 280 g/mol. The van der Waals surface area contributed by atoms with Gasteiger partial charge in [-0.05, 0) is 45.6 Å². The van der Waals surface area contributed by atoms with Crippen LogP contribution in [0.1, 0.15) is 51.8 Å². The fourth-order valence-corrected chi connectivity index (χ4v) is 2.83. The van der Waals surface area contributed by atoms with Gasteiger partial charge < -0.3 is 10.1 Å². The summed E-state index contributed by atoms with van der Waals surface area (Å²) < 4.78 is 7.87. The van der Waals surface area contributed by atoms with Crippen molar-refractivity contribution in [2.45, 2.75) is 71.1 Å². The molecule has 1 aromatic heterocycles. The van der Waals surface area contributed by atoms with Crippen LogP contribution in [0.2, 0.25) is 0 Å². The lowest BCUT2D eigenvalue weighted by Gasteiger charge is -2.27. The molecule has 1 aliphatic heterocycles. The van der Waals surface area contributed by atoms with Gasteiger partial charge in [-0.15, -0.1) is 0 Å². The number of aromatic nitrogens is 3. The Balaban J connectivity index is 1.91. The highest BCUT2D eigenvalue weighted by Gasteiger charge is 2.21. The van der Waals surface area contributed by atoms with Crippen LogP contribution in [0.15, 0.2) is 6.33 Å². The van der Waals surface area contributed by atoms with Gasteiger partial charge in [-0.1, -0.05) is 6.92 Å². The van der Waals surface area contributed by atoms with Gasteiger partial charge in [0.15, 0.2) is 0 Å². The normalized spacial score (nSPS) is 21.0. The van der Waals surface area contributed by atoms with Crippen molar-refractivity contribution in [1.29, 1.82) is 0 Å². The van der Waals surface area contributed by atoms with E-state index in [4.69, 9.17) is 4.74 Å². The lowest BCUT2D eigenvalue weighted by molar-refractivity contribution is 0.00510. The van der Waals surface area contributed by atoms with Gasteiger partial charge in [0.25, 0.3) is 0 Å². The number of nitrogens with zero attached hydrogens (tertiary/aromatic N) is 3. The van der Waals surface area contributed by atoms with Crippen LogP contribution in [0.3, 0.4) is 0 Å². The van der Waals surface area contributed by atoms with Gasteiger partial charge in [0.2, 0.25) is 0 Å². The van der Waals surface area contributed by atoms with Gasteiger partial charge in [0.1, 0.15) is 12.2 Å².